The zero-order chi connectivity index (χ0) is 15.5. The van der Waals surface area contributed by atoms with Crippen molar-refractivity contribution >= 4 is 21.4 Å². The van der Waals surface area contributed by atoms with Gasteiger partial charge in [-0.15, -0.1) is 0 Å². The van der Waals surface area contributed by atoms with Crippen LogP contribution >= 0.6 is 11.6 Å². The molecule has 2 rings (SSSR count). The van der Waals surface area contributed by atoms with E-state index in [1.807, 2.05) is 0 Å². The average Bonchev–Trinajstić information content (AvgIpc) is 2.48. The number of halogens is 2. The van der Waals surface area contributed by atoms with Crippen molar-refractivity contribution in [3.63, 3.8) is 0 Å². The molecule has 1 aliphatic rings. The van der Waals surface area contributed by atoms with Gasteiger partial charge in [0.2, 0.25) is 0 Å². The molecule has 0 heterocycles. The van der Waals surface area contributed by atoms with Crippen LogP contribution in [0.2, 0.25) is 5.02 Å². The van der Waals surface area contributed by atoms with Crippen molar-refractivity contribution in [1.82, 2.24) is 5.32 Å². The molecule has 0 saturated heterocycles. The van der Waals surface area contributed by atoms with Crippen LogP contribution in [-0.2, 0) is 9.84 Å². The number of rotatable bonds is 5. The molecule has 1 fully saturated rings. The lowest BCUT2D eigenvalue weighted by atomic mass is 9.95. The first-order valence-electron chi connectivity index (χ1n) is 7.37. The Balaban J connectivity index is 2.16. The third-order valence-electron chi connectivity index (χ3n) is 3.97. The Labute approximate surface area is 130 Å². The second-order valence-electron chi connectivity index (χ2n) is 5.56. The van der Waals surface area contributed by atoms with Crippen molar-refractivity contribution in [1.29, 1.82) is 0 Å². The number of benzene rings is 1. The number of sulfone groups is 1. The second kappa shape index (κ2) is 7.07. The number of hydrogen-bond donors (Lipinski definition) is 1. The molecule has 3 nitrogen and oxygen atoms in total. The van der Waals surface area contributed by atoms with Crippen molar-refractivity contribution in [3.05, 3.63) is 29.0 Å². The van der Waals surface area contributed by atoms with Crippen LogP contribution < -0.4 is 5.32 Å². The van der Waals surface area contributed by atoms with E-state index in [0.717, 1.165) is 31.9 Å². The molecule has 0 spiro atoms. The molecule has 1 aromatic carbocycles. The second-order valence-corrected chi connectivity index (χ2v) is 8.20. The topological polar surface area (TPSA) is 46.2 Å². The fraction of sp³-hybridized carbons (Fsp3) is 0.600. The van der Waals surface area contributed by atoms with E-state index in [0.29, 0.717) is 12.8 Å². The molecule has 6 heteroatoms. The summed E-state index contributed by atoms with van der Waals surface area (Å²) in [5.74, 6) is -0.596. The summed E-state index contributed by atoms with van der Waals surface area (Å²) in [7, 11) is -3.45. The molecule has 118 valence electrons. The van der Waals surface area contributed by atoms with E-state index < -0.39 is 20.9 Å². The van der Waals surface area contributed by atoms with Crippen LogP contribution in [0, 0.1) is 5.82 Å². The van der Waals surface area contributed by atoms with Crippen molar-refractivity contribution in [2.45, 2.75) is 55.2 Å². The SMILES string of the molecule is CCCNC1CCCC(S(=O)(=O)c2ccc(F)c(Cl)c2)C1. The van der Waals surface area contributed by atoms with Crippen LogP contribution in [0.1, 0.15) is 39.0 Å². The van der Waals surface area contributed by atoms with Crippen LogP contribution in [0.3, 0.4) is 0 Å². The quantitative estimate of drug-likeness (QED) is 0.838. The number of hydrogen-bond acceptors (Lipinski definition) is 3. The van der Waals surface area contributed by atoms with Gasteiger partial charge in [-0.05, 0) is 50.4 Å². The Morgan fingerprint density at radius 3 is 2.81 bits per heavy atom. The van der Waals surface area contributed by atoms with E-state index >= 15 is 0 Å². The van der Waals surface area contributed by atoms with Gasteiger partial charge in [-0.3, -0.25) is 0 Å². The summed E-state index contributed by atoms with van der Waals surface area (Å²) in [5.41, 5.74) is 0. The molecule has 2 atom stereocenters. The summed E-state index contributed by atoms with van der Waals surface area (Å²) in [6, 6.07) is 3.88. The fourth-order valence-corrected chi connectivity index (χ4v) is 4.94. The minimum Gasteiger partial charge on any atom is -0.314 e. The molecule has 1 N–H and O–H groups in total. The van der Waals surface area contributed by atoms with Gasteiger partial charge in [-0.1, -0.05) is 24.9 Å². The highest BCUT2D eigenvalue weighted by molar-refractivity contribution is 7.92. The molecule has 1 saturated carbocycles. The molecular weight excluding hydrogens is 313 g/mol. The lowest BCUT2D eigenvalue weighted by molar-refractivity contribution is 0.372. The maximum absolute atomic E-state index is 13.2. The monoisotopic (exact) mass is 333 g/mol. The van der Waals surface area contributed by atoms with Crippen LogP contribution in [0.15, 0.2) is 23.1 Å². The largest absolute Gasteiger partial charge is 0.314 e. The third-order valence-corrected chi connectivity index (χ3v) is 6.47. The summed E-state index contributed by atoms with van der Waals surface area (Å²) < 4.78 is 38.5. The molecule has 0 bridgehead atoms. The average molecular weight is 334 g/mol. The van der Waals surface area contributed by atoms with Crippen LogP contribution in [0.25, 0.3) is 0 Å². The Hall–Kier alpha value is -0.650. The van der Waals surface area contributed by atoms with Crippen LogP contribution in [0.5, 0.6) is 0 Å². The summed E-state index contributed by atoms with van der Waals surface area (Å²) in [6.07, 6.45) is 4.19. The zero-order valence-electron chi connectivity index (χ0n) is 12.1. The molecule has 0 aliphatic heterocycles. The Morgan fingerprint density at radius 1 is 1.38 bits per heavy atom. The Kier molecular flexibility index (Phi) is 5.63. The predicted molar refractivity (Wildman–Crippen MR) is 82.9 cm³/mol. The molecule has 0 aromatic heterocycles. The lowest BCUT2D eigenvalue weighted by Crippen LogP contribution is -2.39. The standard InChI is InChI=1S/C15H21ClFNO2S/c1-2-8-18-11-4-3-5-12(9-11)21(19,20)13-6-7-15(17)14(16)10-13/h6-7,10-12,18H,2-5,8-9H2,1H3. The first kappa shape index (κ1) is 16.7. The number of nitrogens with one attached hydrogen (secondary N) is 1. The normalized spacial score (nSPS) is 23.2. The summed E-state index contributed by atoms with van der Waals surface area (Å²) >= 11 is 5.70. The van der Waals surface area contributed by atoms with E-state index in [1.54, 1.807) is 0 Å². The molecule has 0 amide bonds. The Morgan fingerprint density at radius 2 is 2.14 bits per heavy atom. The van der Waals surface area contributed by atoms with Crippen molar-refractivity contribution in [3.8, 4) is 0 Å². The van der Waals surface area contributed by atoms with Crippen molar-refractivity contribution in [2.24, 2.45) is 0 Å². The molecule has 0 radical (unpaired) electrons. The lowest BCUT2D eigenvalue weighted by Gasteiger charge is -2.29. The van der Waals surface area contributed by atoms with E-state index in [4.69, 9.17) is 11.6 Å². The minimum absolute atomic E-state index is 0.120. The fourth-order valence-electron chi connectivity index (χ4n) is 2.81. The van der Waals surface area contributed by atoms with Gasteiger partial charge in [0.15, 0.2) is 9.84 Å². The first-order chi connectivity index (χ1) is 9.95. The molecular formula is C15H21ClFNO2S. The third kappa shape index (κ3) is 3.96. The van der Waals surface area contributed by atoms with E-state index in [1.165, 1.54) is 12.1 Å². The summed E-state index contributed by atoms with van der Waals surface area (Å²) in [5, 5.41) is 2.83. The molecule has 21 heavy (non-hydrogen) atoms. The van der Waals surface area contributed by atoms with Gasteiger partial charge >= 0.3 is 0 Å². The maximum atomic E-state index is 13.2. The highest BCUT2D eigenvalue weighted by Crippen LogP contribution is 2.30. The molecule has 1 aliphatic carbocycles. The van der Waals surface area contributed by atoms with Gasteiger partial charge < -0.3 is 5.32 Å². The minimum atomic E-state index is -3.45. The summed E-state index contributed by atoms with van der Waals surface area (Å²) in [4.78, 5) is 0.120. The molecule has 2 unspecified atom stereocenters. The van der Waals surface area contributed by atoms with E-state index in [2.05, 4.69) is 12.2 Å². The van der Waals surface area contributed by atoms with Gasteiger partial charge in [0, 0.05) is 6.04 Å². The van der Waals surface area contributed by atoms with Crippen LogP contribution in [-0.4, -0.2) is 26.3 Å². The summed E-state index contributed by atoms with van der Waals surface area (Å²) in [6.45, 7) is 2.99. The first-order valence-corrected chi connectivity index (χ1v) is 9.30. The van der Waals surface area contributed by atoms with Gasteiger partial charge in [-0.2, -0.15) is 0 Å². The van der Waals surface area contributed by atoms with Gasteiger partial charge in [-0.25, -0.2) is 12.8 Å². The predicted octanol–water partition coefficient (Wildman–Crippen LogP) is 3.56. The van der Waals surface area contributed by atoms with Gasteiger partial charge in [0.05, 0.1) is 15.2 Å². The van der Waals surface area contributed by atoms with Gasteiger partial charge in [0.25, 0.3) is 0 Å². The van der Waals surface area contributed by atoms with E-state index in [-0.39, 0.29) is 16.0 Å². The smallest absolute Gasteiger partial charge is 0.181 e. The maximum Gasteiger partial charge on any atom is 0.181 e. The highest BCUT2D eigenvalue weighted by Gasteiger charge is 2.33. The molecule has 1 aromatic rings. The zero-order valence-corrected chi connectivity index (χ0v) is 13.7. The van der Waals surface area contributed by atoms with Gasteiger partial charge in [0.1, 0.15) is 5.82 Å². The van der Waals surface area contributed by atoms with Crippen molar-refractivity contribution in [2.75, 3.05) is 6.54 Å². The Bertz CT molecular complexity index is 591. The van der Waals surface area contributed by atoms with Crippen LogP contribution in [0.4, 0.5) is 4.39 Å². The highest BCUT2D eigenvalue weighted by atomic mass is 35.5. The van der Waals surface area contributed by atoms with Crippen molar-refractivity contribution < 1.29 is 12.8 Å². The van der Waals surface area contributed by atoms with E-state index in [9.17, 15) is 12.8 Å².